The van der Waals surface area contributed by atoms with Gasteiger partial charge in [0.15, 0.2) is 0 Å². The number of rotatable bonds is 6. The Morgan fingerprint density at radius 2 is 2.04 bits per heavy atom. The van der Waals surface area contributed by atoms with Gasteiger partial charge >= 0.3 is 5.97 Å². The summed E-state index contributed by atoms with van der Waals surface area (Å²) in [7, 11) is 0. The van der Waals surface area contributed by atoms with Crippen LogP contribution in [0.1, 0.15) is 12.2 Å². The smallest absolute Gasteiger partial charge is 0.304 e. The second-order valence-electron chi connectivity index (χ2n) is 5.34. The lowest BCUT2D eigenvalue weighted by atomic mass is 10.2. The number of aromatic nitrogens is 2. The zero-order valence-corrected chi connectivity index (χ0v) is 13.6. The van der Waals surface area contributed by atoms with Crippen molar-refractivity contribution in [2.45, 2.75) is 18.0 Å². The van der Waals surface area contributed by atoms with Gasteiger partial charge in [0.05, 0.1) is 31.7 Å². The van der Waals surface area contributed by atoms with E-state index in [1.807, 2.05) is 24.3 Å². The van der Waals surface area contributed by atoms with Gasteiger partial charge in [-0.2, -0.15) is 0 Å². The fraction of sp³-hybridized carbons (Fsp3) is 0.438. The monoisotopic (exact) mass is 333 g/mol. The summed E-state index contributed by atoms with van der Waals surface area (Å²) in [6.07, 6.45) is 0.127. The summed E-state index contributed by atoms with van der Waals surface area (Å²) >= 11 is 1.48. The third-order valence-electron chi connectivity index (χ3n) is 3.64. The summed E-state index contributed by atoms with van der Waals surface area (Å²) in [5, 5.41) is 10.7. The van der Waals surface area contributed by atoms with Crippen LogP contribution >= 0.6 is 11.8 Å². The number of carbonyl (C=O) groups is 1. The van der Waals surface area contributed by atoms with Crippen molar-refractivity contribution >= 4 is 28.6 Å². The molecule has 0 atom stereocenters. The number of hydrogen-bond acceptors (Lipinski definition) is 6. The minimum Gasteiger partial charge on any atom is -0.481 e. The lowest BCUT2D eigenvalue weighted by Gasteiger charge is -2.25. The molecule has 0 aliphatic carbocycles. The van der Waals surface area contributed by atoms with E-state index in [2.05, 4.69) is 14.9 Å². The molecule has 1 fully saturated rings. The molecular weight excluding hydrogens is 314 g/mol. The highest BCUT2D eigenvalue weighted by Crippen LogP contribution is 2.26. The Bertz CT molecular complexity index is 689. The molecule has 3 rings (SSSR count). The largest absolute Gasteiger partial charge is 0.481 e. The molecule has 0 bridgehead atoms. The summed E-state index contributed by atoms with van der Waals surface area (Å²) in [4.78, 5) is 22.3. The number of carboxylic acid groups (broad SMARTS) is 1. The van der Waals surface area contributed by atoms with Gasteiger partial charge in [0.2, 0.25) is 0 Å². The molecule has 1 aliphatic heterocycles. The number of benzene rings is 1. The van der Waals surface area contributed by atoms with Crippen molar-refractivity contribution in [2.75, 3.05) is 32.1 Å². The molecule has 6 nitrogen and oxygen atoms in total. The van der Waals surface area contributed by atoms with Gasteiger partial charge in [0.1, 0.15) is 10.9 Å². The molecular formula is C16H19N3O3S. The van der Waals surface area contributed by atoms with Crippen LogP contribution in [0.4, 0.5) is 0 Å². The number of nitrogens with zero attached hydrogens (tertiary/aromatic N) is 3. The first kappa shape index (κ1) is 16.2. The molecule has 122 valence electrons. The third-order valence-corrected chi connectivity index (χ3v) is 4.63. The lowest BCUT2D eigenvalue weighted by molar-refractivity contribution is -0.136. The maximum Gasteiger partial charge on any atom is 0.304 e. The molecule has 1 aromatic carbocycles. The van der Waals surface area contributed by atoms with Gasteiger partial charge in [-0.15, -0.1) is 11.8 Å². The zero-order chi connectivity index (χ0) is 16.1. The Morgan fingerprint density at radius 3 is 2.83 bits per heavy atom. The number of morpholine rings is 1. The summed E-state index contributed by atoms with van der Waals surface area (Å²) in [5.74, 6) is 0.501. The van der Waals surface area contributed by atoms with Crippen LogP contribution in [0.3, 0.4) is 0 Å². The van der Waals surface area contributed by atoms with E-state index in [1.165, 1.54) is 11.8 Å². The van der Waals surface area contributed by atoms with E-state index in [0.717, 1.165) is 48.1 Å². The highest BCUT2D eigenvalue weighted by atomic mass is 32.2. The number of para-hydroxylation sites is 1. The number of fused-ring (bicyclic) bond motifs is 1. The zero-order valence-electron chi connectivity index (χ0n) is 12.8. The molecule has 1 aromatic heterocycles. The second kappa shape index (κ2) is 7.72. The highest BCUT2D eigenvalue weighted by molar-refractivity contribution is 7.99. The summed E-state index contributed by atoms with van der Waals surface area (Å²) in [6, 6.07) is 7.87. The molecule has 0 radical (unpaired) electrons. The standard InChI is InChI=1S/C16H19N3O3S/c20-15(21)5-10-23-16-12-3-1-2-4-13(12)17-14(18-16)11-19-6-8-22-9-7-19/h1-4H,5-11H2,(H,20,21). The first-order valence-corrected chi connectivity index (χ1v) is 8.61. The first-order valence-electron chi connectivity index (χ1n) is 7.63. The van der Waals surface area contributed by atoms with Crippen LogP contribution in [0, 0.1) is 0 Å². The van der Waals surface area contributed by atoms with Crippen molar-refractivity contribution in [1.29, 1.82) is 0 Å². The van der Waals surface area contributed by atoms with Gasteiger partial charge in [0, 0.05) is 24.2 Å². The van der Waals surface area contributed by atoms with Crippen LogP contribution in [0.2, 0.25) is 0 Å². The van der Waals surface area contributed by atoms with E-state index in [4.69, 9.17) is 9.84 Å². The van der Waals surface area contributed by atoms with E-state index in [0.29, 0.717) is 12.3 Å². The van der Waals surface area contributed by atoms with Gasteiger partial charge in [-0.25, -0.2) is 9.97 Å². The number of ether oxygens (including phenoxy) is 1. The van der Waals surface area contributed by atoms with Crippen molar-refractivity contribution in [3.8, 4) is 0 Å². The van der Waals surface area contributed by atoms with E-state index in [9.17, 15) is 4.79 Å². The molecule has 2 aromatic rings. The van der Waals surface area contributed by atoms with Gasteiger partial charge in [-0.05, 0) is 6.07 Å². The Labute approximate surface area is 138 Å². The molecule has 1 N–H and O–H groups in total. The number of carboxylic acids is 1. The predicted molar refractivity (Wildman–Crippen MR) is 88.6 cm³/mol. The van der Waals surface area contributed by atoms with Gasteiger partial charge in [-0.3, -0.25) is 9.69 Å². The fourth-order valence-corrected chi connectivity index (χ4v) is 3.44. The van der Waals surface area contributed by atoms with E-state index in [-0.39, 0.29) is 6.42 Å². The van der Waals surface area contributed by atoms with Crippen LogP contribution in [0.15, 0.2) is 29.3 Å². The van der Waals surface area contributed by atoms with Gasteiger partial charge in [-0.1, -0.05) is 18.2 Å². The highest BCUT2D eigenvalue weighted by Gasteiger charge is 2.14. The molecule has 0 saturated carbocycles. The molecule has 23 heavy (non-hydrogen) atoms. The second-order valence-corrected chi connectivity index (χ2v) is 6.43. The number of aliphatic carboxylic acids is 1. The summed E-state index contributed by atoms with van der Waals surface area (Å²) in [5.41, 5.74) is 0.906. The third kappa shape index (κ3) is 4.40. The summed E-state index contributed by atoms with van der Waals surface area (Å²) < 4.78 is 5.36. The Hall–Kier alpha value is -1.70. The number of hydrogen-bond donors (Lipinski definition) is 1. The minimum absolute atomic E-state index is 0.127. The van der Waals surface area contributed by atoms with Crippen molar-refractivity contribution in [1.82, 2.24) is 14.9 Å². The Morgan fingerprint density at radius 1 is 1.26 bits per heavy atom. The van der Waals surface area contributed by atoms with Gasteiger partial charge < -0.3 is 9.84 Å². The first-order chi connectivity index (χ1) is 11.2. The maximum atomic E-state index is 10.7. The average molecular weight is 333 g/mol. The normalized spacial score (nSPS) is 15.8. The van der Waals surface area contributed by atoms with Crippen molar-refractivity contribution in [3.05, 3.63) is 30.1 Å². The van der Waals surface area contributed by atoms with Crippen LogP contribution in [-0.2, 0) is 16.1 Å². The molecule has 0 amide bonds. The topological polar surface area (TPSA) is 75.5 Å². The predicted octanol–water partition coefficient (Wildman–Crippen LogP) is 2.03. The minimum atomic E-state index is -0.788. The van der Waals surface area contributed by atoms with Crippen LogP contribution < -0.4 is 0 Å². The quantitative estimate of drug-likeness (QED) is 0.640. The van der Waals surface area contributed by atoms with Crippen LogP contribution in [-0.4, -0.2) is 58.0 Å². The summed E-state index contributed by atoms with van der Waals surface area (Å²) in [6.45, 7) is 3.96. The fourth-order valence-electron chi connectivity index (χ4n) is 2.47. The van der Waals surface area contributed by atoms with E-state index < -0.39 is 5.97 Å². The van der Waals surface area contributed by atoms with Crippen molar-refractivity contribution in [3.63, 3.8) is 0 Å². The molecule has 2 heterocycles. The Kier molecular flexibility index (Phi) is 5.43. The SMILES string of the molecule is O=C(O)CCSc1nc(CN2CCOCC2)nc2ccccc12. The van der Waals surface area contributed by atoms with E-state index >= 15 is 0 Å². The molecule has 1 saturated heterocycles. The Balaban J connectivity index is 1.81. The molecule has 0 spiro atoms. The van der Waals surface area contributed by atoms with E-state index in [1.54, 1.807) is 0 Å². The lowest BCUT2D eigenvalue weighted by Crippen LogP contribution is -2.36. The number of thioether (sulfide) groups is 1. The van der Waals surface area contributed by atoms with Crippen LogP contribution in [0.5, 0.6) is 0 Å². The maximum absolute atomic E-state index is 10.7. The molecule has 7 heteroatoms. The van der Waals surface area contributed by atoms with Crippen molar-refractivity contribution in [2.24, 2.45) is 0 Å². The van der Waals surface area contributed by atoms with Crippen LogP contribution in [0.25, 0.3) is 10.9 Å². The molecule has 0 unspecified atom stereocenters. The average Bonchev–Trinajstić information content (AvgIpc) is 2.55. The van der Waals surface area contributed by atoms with Gasteiger partial charge in [0.25, 0.3) is 0 Å². The molecule has 1 aliphatic rings. The van der Waals surface area contributed by atoms with Crippen molar-refractivity contribution < 1.29 is 14.6 Å².